The van der Waals surface area contributed by atoms with Crippen LogP contribution in [0.2, 0.25) is 0 Å². The number of nitrogens with one attached hydrogen (secondary N) is 1. The predicted molar refractivity (Wildman–Crippen MR) is 106 cm³/mol. The van der Waals surface area contributed by atoms with Crippen LogP contribution in [-0.4, -0.2) is 83.0 Å². The normalized spacial score (nSPS) is 22.2. The van der Waals surface area contributed by atoms with Crippen molar-refractivity contribution in [1.29, 1.82) is 0 Å². The summed E-state index contributed by atoms with van der Waals surface area (Å²) < 4.78 is 0. The van der Waals surface area contributed by atoms with Crippen LogP contribution in [0, 0.1) is 0 Å². The predicted octanol–water partition coefficient (Wildman–Crippen LogP) is -0.477. The molecule has 3 heterocycles. The van der Waals surface area contributed by atoms with Crippen molar-refractivity contribution in [3.05, 3.63) is 47.2 Å². The van der Waals surface area contributed by atoms with Crippen LogP contribution in [0.1, 0.15) is 11.1 Å². The van der Waals surface area contributed by atoms with Crippen LogP contribution in [0.5, 0.6) is 0 Å². The van der Waals surface area contributed by atoms with Crippen LogP contribution in [0.4, 0.5) is 0 Å². The van der Waals surface area contributed by atoms with Gasteiger partial charge in [-0.05, 0) is 17.5 Å². The molecule has 28 heavy (non-hydrogen) atoms. The fourth-order valence-electron chi connectivity index (χ4n) is 3.74. The third kappa shape index (κ3) is 4.14. The minimum Gasteiger partial charge on any atom is -0.394 e. The zero-order valence-electron chi connectivity index (χ0n) is 15.7. The monoisotopic (exact) mass is 383 g/mol. The van der Waals surface area contributed by atoms with Gasteiger partial charge in [0.05, 0.1) is 31.6 Å². The van der Waals surface area contributed by atoms with Gasteiger partial charge in [0.2, 0.25) is 0 Å². The van der Waals surface area contributed by atoms with E-state index in [9.17, 15) is 15.0 Å². The highest BCUT2D eigenvalue weighted by atomic mass is 16.3. The maximum Gasteiger partial charge on any atom is 0.270 e. The van der Waals surface area contributed by atoms with E-state index < -0.39 is 6.10 Å². The van der Waals surface area contributed by atoms with Gasteiger partial charge in [0, 0.05) is 32.3 Å². The van der Waals surface area contributed by atoms with E-state index in [0.29, 0.717) is 18.9 Å². The number of aliphatic imine (C=N–C) groups is 2. The lowest BCUT2D eigenvalue weighted by Crippen LogP contribution is -2.42. The highest BCUT2D eigenvalue weighted by Gasteiger charge is 2.26. The van der Waals surface area contributed by atoms with E-state index in [4.69, 9.17) is 0 Å². The minimum atomic E-state index is -0.651. The van der Waals surface area contributed by atoms with Crippen LogP contribution in [0.15, 0.2) is 46.0 Å². The molecule has 8 heteroatoms. The van der Waals surface area contributed by atoms with Gasteiger partial charge in [-0.2, -0.15) is 0 Å². The Bertz CT molecular complexity index is 835. The molecule has 0 spiro atoms. The summed E-state index contributed by atoms with van der Waals surface area (Å²) in [4.78, 5) is 24.9. The molecule has 0 saturated carbocycles. The maximum absolute atomic E-state index is 12.4. The second kappa shape index (κ2) is 8.22. The Morgan fingerprint density at radius 3 is 2.96 bits per heavy atom. The zero-order valence-corrected chi connectivity index (χ0v) is 15.7. The number of hydrogen-bond acceptors (Lipinski definition) is 7. The summed E-state index contributed by atoms with van der Waals surface area (Å²) in [7, 11) is 0. The molecule has 1 amide bonds. The molecule has 0 aromatic heterocycles. The van der Waals surface area contributed by atoms with Crippen molar-refractivity contribution < 1.29 is 15.0 Å². The number of β-amino-alcohol motifs (C(OH)–C–C–N with tert-alkyl or cyclic N) is 1. The number of benzene rings is 1. The second-order valence-electron chi connectivity index (χ2n) is 7.37. The van der Waals surface area contributed by atoms with Gasteiger partial charge >= 0.3 is 0 Å². The molecule has 0 bridgehead atoms. The molecule has 0 radical (unpaired) electrons. The number of carbonyl (C=O) groups is 1. The summed E-state index contributed by atoms with van der Waals surface area (Å²) in [5, 5.41) is 22.3. The third-order valence-corrected chi connectivity index (χ3v) is 5.24. The molecule has 3 aliphatic rings. The van der Waals surface area contributed by atoms with Crippen LogP contribution in [0.3, 0.4) is 0 Å². The van der Waals surface area contributed by atoms with E-state index in [1.54, 1.807) is 17.3 Å². The Morgan fingerprint density at radius 1 is 1.32 bits per heavy atom. The SMILES string of the molecule is O=C(NCC(O)CN1CCc2ccccc2C1)C1=CC2=N[C@@H](CO)CN2C=N1. The summed E-state index contributed by atoms with van der Waals surface area (Å²) in [5.41, 5.74) is 2.93. The standard InChI is InChI=1S/C20H25N5O3/c26-12-16-10-25-13-22-18(7-19(25)23-16)20(28)21-8-17(27)11-24-6-5-14-3-1-2-4-15(14)9-24/h1-4,7,13,16-17,26-27H,5-6,8-12H2,(H,21,28)/t16-,17?/m1/s1. The molecule has 0 fully saturated rings. The average Bonchev–Trinajstić information content (AvgIpc) is 3.14. The van der Waals surface area contributed by atoms with Crippen molar-refractivity contribution >= 4 is 18.1 Å². The summed E-state index contributed by atoms with van der Waals surface area (Å²) in [6.45, 7) is 2.93. The summed E-state index contributed by atoms with van der Waals surface area (Å²) in [6, 6.07) is 8.19. The minimum absolute atomic E-state index is 0.0314. The molecule has 8 nitrogen and oxygen atoms in total. The second-order valence-corrected chi connectivity index (χ2v) is 7.37. The van der Waals surface area contributed by atoms with Crippen molar-refractivity contribution in [2.24, 2.45) is 9.98 Å². The Kier molecular flexibility index (Phi) is 5.52. The average molecular weight is 383 g/mol. The Labute approximate surface area is 163 Å². The van der Waals surface area contributed by atoms with Crippen LogP contribution < -0.4 is 5.32 Å². The molecule has 1 unspecified atom stereocenters. The van der Waals surface area contributed by atoms with Crippen molar-refractivity contribution in [2.45, 2.75) is 25.1 Å². The topological polar surface area (TPSA) is 101 Å². The summed E-state index contributed by atoms with van der Waals surface area (Å²) in [5.74, 6) is 0.292. The quantitative estimate of drug-likeness (QED) is 0.616. The molecule has 1 aromatic rings. The van der Waals surface area contributed by atoms with Gasteiger partial charge < -0.3 is 20.4 Å². The van der Waals surface area contributed by atoms with Gasteiger partial charge in [-0.1, -0.05) is 24.3 Å². The molecular formula is C20H25N5O3. The lowest BCUT2D eigenvalue weighted by atomic mass is 10.00. The van der Waals surface area contributed by atoms with Crippen molar-refractivity contribution in [3.8, 4) is 0 Å². The molecule has 3 N–H and O–H groups in total. The van der Waals surface area contributed by atoms with Gasteiger partial charge in [-0.3, -0.25) is 14.7 Å². The smallest absolute Gasteiger partial charge is 0.270 e. The molecule has 0 saturated heterocycles. The first-order valence-corrected chi connectivity index (χ1v) is 9.59. The first-order valence-electron chi connectivity index (χ1n) is 9.59. The number of fused-ring (bicyclic) bond motifs is 2. The van der Waals surface area contributed by atoms with Gasteiger partial charge in [-0.15, -0.1) is 0 Å². The number of hydrogen-bond donors (Lipinski definition) is 3. The number of aliphatic hydroxyl groups excluding tert-OH is 2. The number of rotatable bonds is 6. The highest BCUT2D eigenvalue weighted by molar-refractivity contribution is 6.10. The van der Waals surface area contributed by atoms with Crippen molar-refractivity contribution in [1.82, 2.24) is 15.1 Å². The Balaban J connectivity index is 1.27. The van der Waals surface area contributed by atoms with Gasteiger partial charge in [0.1, 0.15) is 11.5 Å². The molecule has 2 atom stereocenters. The third-order valence-electron chi connectivity index (χ3n) is 5.24. The molecular weight excluding hydrogens is 358 g/mol. The van der Waals surface area contributed by atoms with Gasteiger partial charge in [0.15, 0.2) is 0 Å². The number of amidine groups is 1. The summed E-state index contributed by atoms with van der Waals surface area (Å²) >= 11 is 0. The zero-order chi connectivity index (χ0) is 19.5. The van der Waals surface area contributed by atoms with Gasteiger partial charge in [0.25, 0.3) is 5.91 Å². The Morgan fingerprint density at radius 2 is 2.14 bits per heavy atom. The van der Waals surface area contributed by atoms with E-state index in [-0.39, 0.29) is 30.8 Å². The van der Waals surface area contributed by atoms with E-state index in [1.807, 2.05) is 6.07 Å². The molecule has 4 rings (SSSR count). The highest BCUT2D eigenvalue weighted by Crippen LogP contribution is 2.18. The van der Waals surface area contributed by atoms with E-state index in [1.165, 1.54) is 11.1 Å². The van der Waals surface area contributed by atoms with Gasteiger partial charge in [-0.25, -0.2) is 4.99 Å². The fraction of sp³-hybridized carbons (Fsp3) is 0.450. The number of carbonyl (C=O) groups excluding carboxylic acids is 1. The number of nitrogens with zero attached hydrogens (tertiary/aromatic N) is 4. The maximum atomic E-state index is 12.4. The van der Waals surface area contributed by atoms with E-state index in [0.717, 1.165) is 19.5 Å². The van der Waals surface area contributed by atoms with Crippen LogP contribution in [-0.2, 0) is 17.8 Å². The lowest BCUT2D eigenvalue weighted by molar-refractivity contribution is -0.118. The molecule has 1 aromatic carbocycles. The molecule has 148 valence electrons. The molecule has 0 aliphatic carbocycles. The first-order chi connectivity index (χ1) is 13.6. The van der Waals surface area contributed by atoms with Crippen molar-refractivity contribution in [3.63, 3.8) is 0 Å². The van der Waals surface area contributed by atoms with E-state index >= 15 is 0 Å². The van der Waals surface area contributed by atoms with Crippen molar-refractivity contribution in [2.75, 3.05) is 32.8 Å². The van der Waals surface area contributed by atoms with Crippen LogP contribution >= 0.6 is 0 Å². The lowest BCUT2D eigenvalue weighted by Gasteiger charge is -2.30. The van der Waals surface area contributed by atoms with Crippen LogP contribution in [0.25, 0.3) is 0 Å². The number of amides is 1. The summed E-state index contributed by atoms with van der Waals surface area (Å²) in [6.07, 6.45) is 3.50. The largest absolute Gasteiger partial charge is 0.394 e. The Hall–Kier alpha value is -2.55. The first kappa shape index (κ1) is 18.8. The molecule has 3 aliphatic heterocycles. The fourth-order valence-corrected chi connectivity index (χ4v) is 3.74. The van der Waals surface area contributed by atoms with E-state index in [2.05, 4.69) is 38.4 Å². The number of aliphatic hydroxyl groups is 2.